The SMILES string of the molecule is Cc1cc(/C=C/C(=O)O)c2ccncc2c1. The third kappa shape index (κ3) is 2.08. The number of fused-ring (bicyclic) bond motifs is 1. The van der Waals surface area contributed by atoms with Crippen molar-refractivity contribution in [3.63, 3.8) is 0 Å². The number of pyridine rings is 1. The van der Waals surface area contributed by atoms with Gasteiger partial charge in [0, 0.05) is 23.9 Å². The van der Waals surface area contributed by atoms with E-state index in [9.17, 15) is 4.79 Å². The minimum absolute atomic E-state index is 0.903. The Morgan fingerprint density at radius 1 is 1.44 bits per heavy atom. The number of carbonyl (C=O) groups is 1. The summed E-state index contributed by atoms with van der Waals surface area (Å²) in [5, 5.41) is 10.7. The van der Waals surface area contributed by atoms with Gasteiger partial charge >= 0.3 is 5.97 Å². The van der Waals surface area contributed by atoms with Crippen molar-refractivity contribution in [2.24, 2.45) is 0 Å². The normalized spacial score (nSPS) is 11.1. The first-order chi connectivity index (χ1) is 7.66. The van der Waals surface area contributed by atoms with Crippen molar-refractivity contribution < 1.29 is 9.90 Å². The molecule has 0 radical (unpaired) electrons. The second kappa shape index (κ2) is 4.14. The minimum Gasteiger partial charge on any atom is -0.478 e. The lowest BCUT2D eigenvalue weighted by atomic mass is 10.0. The topological polar surface area (TPSA) is 50.2 Å². The Morgan fingerprint density at radius 3 is 3.00 bits per heavy atom. The molecule has 0 atom stereocenters. The van der Waals surface area contributed by atoms with Crippen molar-refractivity contribution in [3.05, 3.63) is 47.8 Å². The van der Waals surface area contributed by atoms with Gasteiger partial charge in [0.15, 0.2) is 0 Å². The fourth-order valence-corrected chi connectivity index (χ4v) is 1.69. The number of benzene rings is 1. The molecule has 80 valence electrons. The van der Waals surface area contributed by atoms with Crippen molar-refractivity contribution in [1.82, 2.24) is 4.98 Å². The van der Waals surface area contributed by atoms with Gasteiger partial charge in [0.05, 0.1) is 0 Å². The summed E-state index contributed by atoms with van der Waals surface area (Å²) in [6.07, 6.45) is 6.24. The Morgan fingerprint density at radius 2 is 2.25 bits per heavy atom. The molecule has 0 spiro atoms. The summed E-state index contributed by atoms with van der Waals surface area (Å²) in [6, 6.07) is 5.87. The van der Waals surface area contributed by atoms with Gasteiger partial charge in [-0.3, -0.25) is 4.98 Å². The van der Waals surface area contributed by atoms with Crippen LogP contribution in [0, 0.1) is 6.92 Å². The number of rotatable bonds is 2. The largest absolute Gasteiger partial charge is 0.478 e. The number of aliphatic carboxylic acids is 1. The van der Waals surface area contributed by atoms with Crippen LogP contribution in [0.15, 0.2) is 36.7 Å². The summed E-state index contributed by atoms with van der Waals surface area (Å²) in [6.45, 7) is 1.98. The van der Waals surface area contributed by atoms with Crippen LogP contribution in [-0.2, 0) is 4.79 Å². The van der Waals surface area contributed by atoms with Crippen LogP contribution in [0.1, 0.15) is 11.1 Å². The molecule has 0 aliphatic carbocycles. The Bertz CT molecular complexity index is 573. The lowest BCUT2D eigenvalue weighted by molar-refractivity contribution is -0.131. The third-order valence-corrected chi connectivity index (χ3v) is 2.33. The second-order valence-electron chi connectivity index (χ2n) is 3.62. The average molecular weight is 213 g/mol. The summed E-state index contributed by atoms with van der Waals surface area (Å²) in [5.74, 6) is -0.941. The van der Waals surface area contributed by atoms with Gasteiger partial charge in [-0.05, 0) is 41.6 Å². The first kappa shape index (κ1) is 10.4. The molecule has 0 fully saturated rings. The van der Waals surface area contributed by atoms with Crippen LogP contribution in [0.5, 0.6) is 0 Å². The van der Waals surface area contributed by atoms with Crippen molar-refractivity contribution in [2.45, 2.75) is 6.92 Å². The van der Waals surface area contributed by atoms with Crippen LogP contribution in [0.4, 0.5) is 0 Å². The highest BCUT2D eigenvalue weighted by atomic mass is 16.4. The maximum atomic E-state index is 10.5. The molecule has 16 heavy (non-hydrogen) atoms. The molecule has 1 aromatic carbocycles. The molecule has 0 saturated carbocycles. The molecule has 0 unspecified atom stereocenters. The van der Waals surface area contributed by atoms with Crippen molar-refractivity contribution in [3.8, 4) is 0 Å². The highest BCUT2D eigenvalue weighted by Gasteiger charge is 2.00. The van der Waals surface area contributed by atoms with Crippen LogP contribution in [-0.4, -0.2) is 16.1 Å². The Balaban J connectivity index is 2.63. The first-order valence-corrected chi connectivity index (χ1v) is 4.92. The smallest absolute Gasteiger partial charge is 0.328 e. The van der Waals surface area contributed by atoms with Crippen LogP contribution in [0.2, 0.25) is 0 Å². The number of carboxylic acids is 1. The van der Waals surface area contributed by atoms with Crippen LogP contribution in [0.25, 0.3) is 16.8 Å². The maximum absolute atomic E-state index is 10.5. The zero-order valence-corrected chi connectivity index (χ0v) is 8.84. The molecule has 0 aliphatic heterocycles. The van der Waals surface area contributed by atoms with E-state index in [4.69, 9.17) is 5.11 Å². The summed E-state index contributed by atoms with van der Waals surface area (Å²) in [4.78, 5) is 14.5. The minimum atomic E-state index is -0.941. The van der Waals surface area contributed by atoms with E-state index >= 15 is 0 Å². The molecule has 0 saturated heterocycles. The predicted molar refractivity (Wildman–Crippen MR) is 63.1 cm³/mol. The van der Waals surface area contributed by atoms with E-state index in [0.717, 1.165) is 28.0 Å². The molecule has 1 aromatic heterocycles. The predicted octanol–water partition coefficient (Wildman–Crippen LogP) is 2.64. The Hall–Kier alpha value is -2.16. The molecular formula is C13H11NO2. The van der Waals surface area contributed by atoms with Gasteiger partial charge in [-0.15, -0.1) is 0 Å². The zero-order chi connectivity index (χ0) is 11.5. The molecule has 0 bridgehead atoms. The third-order valence-electron chi connectivity index (χ3n) is 2.33. The highest BCUT2D eigenvalue weighted by molar-refractivity contribution is 5.94. The molecule has 3 heteroatoms. The Labute approximate surface area is 93.1 Å². The molecule has 2 aromatic rings. The molecule has 0 aliphatic rings. The highest BCUT2D eigenvalue weighted by Crippen LogP contribution is 2.21. The van der Waals surface area contributed by atoms with Gasteiger partial charge < -0.3 is 5.11 Å². The number of aryl methyl sites for hydroxylation is 1. The molecule has 1 heterocycles. The van der Waals surface area contributed by atoms with E-state index in [0.29, 0.717) is 0 Å². The van der Waals surface area contributed by atoms with E-state index in [1.165, 1.54) is 0 Å². The quantitative estimate of drug-likeness (QED) is 0.780. The lowest BCUT2D eigenvalue weighted by Crippen LogP contribution is -1.87. The van der Waals surface area contributed by atoms with Crippen LogP contribution >= 0.6 is 0 Å². The van der Waals surface area contributed by atoms with Gasteiger partial charge in [-0.2, -0.15) is 0 Å². The fourth-order valence-electron chi connectivity index (χ4n) is 1.69. The molecule has 0 amide bonds. The van der Waals surface area contributed by atoms with Gasteiger partial charge in [0.2, 0.25) is 0 Å². The van der Waals surface area contributed by atoms with E-state index < -0.39 is 5.97 Å². The van der Waals surface area contributed by atoms with Crippen LogP contribution in [0.3, 0.4) is 0 Å². The summed E-state index contributed by atoms with van der Waals surface area (Å²) in [5.41, 5.74) is 1.99. The Kier molecular flexibility index (Phi) is 2.68. The molecule has 2 rings (SSSR count). The average Bonchev–Trinajstić information content (AvgIpc) is 2.25. The van der Waals surface area contributed by atoms with Gasteiger partial charge in [-0.1, -0.05) is 6.07 Å². The number of nitrogens with zero attached hydrogens (tertiary/aromatic N) is 1. The second-order valence-corrected chi connectivity index (χ2v) is 3.62. The van der Waals surface area contributed by atoms with Crippen LogP contribution < -0.4 is 0 Å². The number of carboxylic acid groups (broad SMARTS) is 1. The van der Waals surface area contributed by atoms with Crippen molar-refractivity contribution in [2.75, 3.05) is 0 Å². The van der Waals surface area contributed by atoms with E-state index in [1.807, 2.05) is 25.1 Å². The summed E-state index contributed by atoms with van der Waals surface area (Å²) in [7, 11) is 0. The molecule has 1 N–H and O–H groups in total. The monoisotopic (exact) mass is 213 g/mol. The summed E-state index contributed by atoms with van der Waals surface area (Å²) < 4.78 is 0. The van der Waals surface area contributed by atoms with Crippen molar-refractivity contribution in [1.29, 1.82) is 0 Å². The summed E-state index contributed by atoms with van der Waals surface area (Å²) >= 11 is 0. The van der Waals surface area contributed by atoms with E-state index in [2.05, 4.69) is 4.98 Å². The zero-order valence-electron chi connectivity index (χ0n) is 8.84. The van der Waals surface area contributed by atoms with Gasteiger partial charge in [0.25, 0.3) is 0 Å². The standard InChI is InChI=1S/C13H11NO2/c1-9-6-10(2-3-13(15)16)12-4-5-14-8-11(12)7-9/h2-8H,1H3,(H,15,16)/b3-2+. The lowest BCUT2D eigenvalue weighted by Gasteiger charge is -2.03. The number of hydrogen-bond donors (Lipinski definition) is 1. The maximum Gasteiger partial charge on any atom is 0.328 e. The van der Waals surface area contributed by atoms with Gasteiger partial charge in [0.1, 0.15) is 0 Å². The van der Waals surface area contributed by atoms with E-state index in [1.54, 1.807) is 18.5 Å². The molecule has 3 nitrogen and oxygen atoms in total. The number of aromatic nitrogens is 1. The molecular weight excluding hydrogens is 202 g/mol. The van der Waals surface area contributed by atoms with E-state index in [-0.39, 0.29) is 0 Å². The first-order valence-electron chi connectivity index (χ1n) is 4.92. The van der Waals surface area contributed by atoms with Gasteiger partial charge in [-0.25, -0.2) is 4.79 Å². The number of hydrogen-bond acceptors (Lipinski definition) is 2. The van der Waals surface area contributed by atoms with Crippen molar-refractivity contribution >= 4 is 22.8 Å². The fraction of sp³-hybridized carbons (Fsp3) is 0.0769.